The SMILES string of the molecule is O=C(NCC(O)c1ccc(Cl)cc1)c1ccc2cc[nH]c2c1. The number of fused-ring (bicyclic) bond motifs is 1. The molecule has 2 aromatic carbocycles. The number of aliphatic hydroxyl groups excluding tert-OH is 1. The molecule has 22 heavy (non-hydrogen) atoms. The minimum absolute atomic E-state index is 0.142. The van der Waals surface area contributed by atoms with Crippen molar-refractivity contribution in [2.75, 3.05) is 6.54 Å². The normalized spacial score (nSPS) is 12.3. The summed E-state index contributed by atoms with van der Waals surface area (Å²) in [5.74, 6) is -0.218. The summed E-state index contributed by atoms with van der Waals surface area (Å²) in [7, 11) is 0. The van der Waals surface area contributed by atoms with E-state index < -0.39 is 6.10 Å². The van der Waals surface area contributed by atoms with Gasteiger partial charge in [0.2, 0.25) is 0 Å². The number of aromatic amines is 1. The van der Waals surface area contributed by atoms with Gasteiger partial charge < -0.3 is 15.4 Å². The molecule has 0 radical (unpaired) electrons. The van der Waals surface area contributed by atoms with Crippen molar-refractivity contribution in [3.63, 3.8) is 0 Å². The predicted octanol–water partition coefficient (Wildman–Crippen LogP) is 3.28. The zero-order valence-electron chi connectivity index (χ0n) is 11.7. The van der Waals surface area contributed by atoms with Crippen LogP contribution in [0.1, 0.15) is 22.0 Å². The van der Waals surface area contributed by atoms with Crippen molar-refractivity contribution in [1.82, 2.24) is 10.3 Å². The lowest BCUT2D eigenvalue weighted by Gasteiger charge is -2.12. The number of nitrogens with one attached hydrogen (secondary N) is 2. The Morgan fingerprint density at radius 3 is 2.73 bits per heavy atom. The van der Waals surface area contributed by atoms with E-state index in [1.165, 1.54) is 0 Å². The van der Waals surface area contributed by atoms with Crippen molar-refractivity contribution in [1.29, 1.82) is 0 Å². The zero-order valence-corrected chi connectivity index (χ0v) is 12.5. The monoisotopic (exact) mass is 314 g/mol. The van der Waals surface area contributed by atoms with E-state index in [9.17, 15) is 9.90 Å². The minimum Gasteiger partial charge on any atom is -0.387 e. The van der Waals surface area contributed by atoms with E-state index in [1.807, 2.05) is 18.3 Å². The first-order chi connectivity index (χ1) is 10.6. The van der Waals surface area contributed by atoms with Gasteiger partial charge in [0.25, 0.3) is 5.91 Å². The van der Waals surface area contributed by atoms with Gasteiger partial charge in [-0.15, -0.1) is 0 Å². The fraction of sp³-hybridized carbons (Fsp3) is 0.118. The Labute approximate surface area is 132 Å². The second-order valence-corrected chi connectivity index (χ2v) is 5.49. The molecule has 1 heterocycles. The van der Waals surface area contributed by atoms with Crippen LogP contribution in [0.25, 0.3) is 10.9 Å². The van der Waals surface area contributed by atoms with Crippen molar-refractivity contribution < 1.29 is 9.90 Å². The second kappa shape index (κ2) is 6.22. The molecule has 0 saturated heterocycles. The quantitative estimate of drug-likeness (QED) is 0.692. The first-order valence-corrected chi connectivity index (χ1v) is 7.30. The largest absolute Gasteiger partial charge is 0.387 e. The molecule has 1 aromatic heterocycles. The van der Waals surface area contributed by atoms with Crippen molar-refractivity contribution in [2.24, 2.45) is 0 Å². The van der Waals surface area contributed by atoms with Gasteiger partial charge in [-0.25, -0.2) is 0 Å². The Morgan fingerprint density at radius 2 is 1.95 bits per heavy atom. The Bertz CT molecular complexity index is 796. The smallest absolute Gasteiger partial charge is 0.251 e. The summed E-state index contributed by atoms with van der Waals surface area (Å²) < 4.78 is 0. The molecule has 0 spiro atoms. The molecule has 5 heteroatoms. The fourth-order valence-corrected chi connectivity index (χ4v) is 2.41. The number of benzene rings is 2. The first kappa shape index (κ1) is 14.6. The number of hydrogen-bond donors (Lipinski definition) is 3. The van der Waals surface area contributed by atoms with Crippen LogP contribution < -0.4 is 5.32 Å². The molecule has 1 amide bonds. The number of carbonyl (C=O) groups is 1. The molecular weight excluding hydrogens is 300 g/mol. The van der Waals surface area contributed by atoms with Crippen LogP contribution >= 0.6 is 11.6 Å². The molecule has 3 aromatic rings. The van der Waals surface area contributed by atoms with Gasteiger partial charge in [0, 0.05) is 28.8 Å². The maximum absolute atomic E-state index is 12.1. The number of amides is 1. The molecule has 0 aliphatic heterocycles. The summed E-state index contributed by atoms with van der Waals surface area (Å²) in [5.41, 5.74) is 2.17. The van der Waals surface area contributed by atoms with Crippen molar-refractivity contribution in [3.05, 3.63) is 70.9 Å². The van der Waals surface area contributed by atoms with Crippen LogP contribution in [-0.2, 0) is 0 Å². The third-order valence-corrected chi connectivity index (χ3v) is 3.78. The van der Waals surface area contributed by atoms with E-state index in [2.05, 4.69) is 10.3 Å². The highest BCUT2D eigenvalue weighted by Gasteiger charge is 2.11. The van der Waals surface area contributed by atoms with Gasteiger partial charge in [0.15, 0.2) is 0 Å². The lowest BCUT2D eigenvalue weighted by atomic mass is 10.1. The van der Waals surface area contributed by atoms with E-state index in [-0.39, 0.29) is 12.5 Å². The van der Waals surface area contributed by atoms with Gasteiger partial charge in [0.05, 0.1) is 6.10 Å². The average molecular weight is 315 g/mol. The number of aromatic nitrogens is 1. The van der Waals surface area contributed by atoms with Gasteiger partial charge in [-0.2, -0.15) is 0 Å². The van der Waals surface area contributed by atoms with E-state index in [0.717, 1.165) is 10.9 Å². The number of aliphatic hydroxyl groups is 1. The molecule has 4 nitrogen and oxygen atoms in total. The summed E-state index contributed by atoms with van der Waals surface area (Å²) in [6, 6.07) is 14.3. The van der Waals surface area contributed by atoms with Crippen molar-refractivity contribution in [2.45, 2.75) is 6.10 Å². The Hall–Kier alpha value is -2.30. The molecule has 0 bridgehead atoms. The molecule has 3 N–H and O–H groups in total. The van der Waals surface area contributed by atoms with E-state index in [0.29, 0.717) is 16.1 Å². The highest BCUT2D eigenvalue weighted by atomic mass is 35.5. The van der Waals surface area contributed by atoms with Crippen LogP contribution in [-0.4, -0.2) is 22.5 Å². The molecule has 0 aliphatic rings. The molecular formula is C17H15ClN2O2. The average Bonchev–Trinajstić information content (AvgIpc) is 3.00. The van der Waals surface area contributed by atoms with Crippen LogP contribution in [0.3, 0.4) is 0 Å². The minimum atomic E-state index is -0.768. The van der Waals surface area contributed by atoms with E-state index in [4.69, 9.17) is 11.6 Å². The van der Waals surface area contributed by atoms with Crippen LogP contribution in [0.15, 0.2) is 54.7 Å². The van der Waals surface area contributed by atoms with Crippen LogP contribution in [0.2, 0.25) is 5.02 Å². The van der Waals surface area contributed by atoms with Gasteiger partial charge in [0.1, 0.15) is 0 Å². The number of hydrogen-bond acceptors (Lipinski definition) is 2. The van der Waals surface area contributed by atoms with Gasteiger partial charge in [-0.05, 0) is 41.3 Å². The van der Waals surface area contributed by atoms with Gasteiger partial charge >= 0.3 is 0 Å². The fourth-order valence-electron chi connectivity index (χ4n) is 2.28. The third-order valence-electron chi connectivity index (χ3n) is 3.53. The Balaban J connectivity index is 1.65. The highest BCUT2D eigenvalue weighted by Crippen LogP contribution is 2.17. The van der Waals surface area contributed by atoms with Crippen LogP contribution in [0.5, 0.6) is 0 Å². The molecule has 0 aliphatic carbocycles. The zero-order chi connectivity index (χ0) is 15.5. The maximum atomic E-state index is 12.1. The second-order valence-electron chi connectivity index (χ2n) is 5.06. The van der Waals surface area contributed by atoms with Crippen molar-refractivity contribution >= 4 is 28.4 Å². The standard InChI is InChI=1S/C17H15ClN2O2/c18-14-5-3-12(4-6-14)16(21)10-20-17(22)13-2-1-11-7-8-19-15(11)9-13/h1-9,16,19,21H,10H2,(H,20,22). The molecule has 0 fully saturated rings. The Morgan fingerprint density at radius 1 is 1.18 bits per heavy atom. The van der Waals surface area contributed by atoms with E-state index >= 15 is 0 Å². The molecule has 1 unspecified atom stereocenters. The highest BCUT2D eigenvalue weighted by molar-refractivity contribution is 6.30. The lowest BCUT2D eigenvalue weighted by molar-refractivity contribution is 0.0916. The first-order valence-electron chi connectivity index (χ1n) is 6.92. The van der Waals surface area contributed by atoms with E-state index in [1.54, 1.807) is 36.4 Å². The molecule has 112 valence electrons. The van der Waals surface area contributed by atoms with Crippen LogP contribution in [0, 0.1) is 0 Å². The Kier molecular flexibility index (Phi) is 4.13. The molecule has 3 rings (SSSR count). The topological polar surface area (TPSA) is 65.1 Å². The van der Waals surface area contributed by atoms with Gasteiger partial charge in [-0.3, -0.25) is 4.79 Å². The van der Waals surface area contributed by atoms with Crippen LogP contribution in [0.4, 0.5) is 0 Å². The number of carbonyl (C=O) groups excluding carboxylic acids is 1. The molecule has 1 atom stereocenters. The number of rotatable bonds is 4. The summed E-state index contributed by atoms with van der Waals surface area (Å²) in [5, 5.41) is 14.5. The summed E-state index contributed by atoms with van der Waals surface area (Å²) >= 11 is 5.81. The third kappa shape index (κ3) is 3.13. The van der Waals surface area contributed by atoms with Gasteiger partial charge in [-0.1, -0.05) is 29.8 Å². The van der Waals surface area contributed by atoms with Crippen molar-refractivity contribution in [3.8, 4) is 0 Å². The predicted molar refractivity (Wildman–Crippen MR) is 87.0 cm³/mol. The number of H-pyrrole nitrogens is 1. The lowest BCUT2D eigenvalue weighted by Crippen LogP contribution is -2.28. The summed E-state index contributed by atoms with van der Waals surface area (Å²) in [6.07, 6.45) is 1.06. The maximum Gasteiger partial charge on any atom is 0.251 e. The number of halogens is 1. The molecule has 0 saturated carbocycles. The summed E-state index contributed by atoms with van der Waals surface area (Å²) in [4.78, 5) is 15.2. The summed E-state index contributed by atoms with van der Waals surface area (Å²) in [6.45, 7) is 0.142.